The molecule has 5 rings (SSSR count). The van der Waals surface area contributed by atoms with E-state index in [2.05, 4.69) is 20.4 Å². The molecule has 172 valence electrons. The molecule has 34 heavy (non-hydrogen) atoms. The minimum Gasteiger partial charge on any atom is -0.349 e. The Bertz CT molecular complexity index is 1530. The van der Waals surface area contributed by atoms with Crippen LogP contribution >= 0.6 is 11.3 Å². The summed E-state index contributed by atoms with van der Waals surface area (Å²) in [6.45, 7) is 5.04. The van der Waals surface area contributed by atoms with Crippen molar-refractivity contribution in [2.45, 2.75) is 26.9 Å². The zero-order chi connectivity index (χ0) is 23.7. The van der Waals surface area contributed by atoms with Gasteiger partial charge in [-0.15, -0.1) is 0 Å². The number of rotatable bonds is 7. The van der Waals surface area contributed by atoms with Gasteiger partial charge in [0.25, 0.3) is 11.5 Å². The van der Waals surface area contributed by atoms with Crippen LogP contribution in [-0.4, -0.2) is 41.3 Å². The van der Waals surface area contributed by atoms with Crippen LogP contribution in [-0.2, 0) is 13.1 Å². The number of thiazole rings is 1. The molecule has 9 nitrogen and oxygen atoms in total. The number of nitrogens with zero attached hydrogens (tertiary/aromatic N) is 6. The van der Waals surface area contributed by atoms with Crippen LogP contribution in [0.3, 0.4) is 0 Å². The van der Waals surface area contributed by atoms with Gasteiger partial charge < -0.3 is 9.88 Å². The molecule has 0 unspecified atom stereocenters. The highest BCUT2D eigenvalue weighted by atomic mass is 32.1. The van der Waals surface area contributed by atoms with Gasteiger partial charge in [0, 0.05) is 18.9 Å². The predicted molar refractivity (Wildman–Crippen MR) is 131 cm³/mol. The number of hydrogen-bond acceptors (Lipinski definition) is 6. The summed E-state index contributed by atoms with van der Waals surface area (Å²) in [5.41, 5.74) is 3.24. The van der Waals surface area contributed by atoms with Crippen molar-refractivity contribution >= 4 is 28.3 Å². The Morgan fingerprint density at radius 3 is 2.71 bits per heavy atom. The summed E-state index contributed by atoms with van der Waals surface area (Å²) in [7, 11) is 0. The number of benzene rings is 1. The number of nitrogens with one attached hydrogen (secondary N) is 1. The molecular weight excluding hydrogens is 450 g/mol. The van der Waals surface area contributed by atoms with E-state index in [0.717, 1.165) is 16.3 Å². The zero-order valence-corrected chi connectivity index (χ0v) is 19.6. The predicted octanol–water partition coefficient (Wildman–Crippen LogP) is 2.94. The van der Waals surface area contributed by atoms with Gasteiger partial charge in [-0.3, -0.25) is 14.2 Å². The van der Waals surface area contributed by atoms with Crippen molar-refractivity contribution in [3.05, 3.63) is 93.4 Å². The summed E-state index contributed by atoms with van der Waals surface area (Å²) in [5.74, 6) is -0.182. The first kappa shape index (κ1) is 21.8. The van der Waals surface area contributed by atoms with Crippen molar-refractivity contribution in [1.82, 2.24) is 34.2 Å². The van der Waals surface area contributed by atoms with Crippen molar-refractivity contribution < 1.29 is 4.79 Å². The lowest BCUT2D eigenvalue weighted by Gasteiger charge is -2.09. The van der Waals surface area contributed by atoms with E-state index in [9.17, 15) is 9.59 Å². The van der Waals surface area contributed by atoms with Gasteiger partial charge in [-0.1, -0.05) is 35.6 Å². The molecule has 1 amide bonds. The van der Waals surface area contributed by atoms with E-state index in [1.54, 1.807) is 15.6 Å². The number of fused-ring (bicyclic) bond motifs is 1. The Morgan fingerprint density at radius 1 is 1.12 bits per heavy atom. The number of hydrogen-bond donors (Lipinski definition) is 1. The van der Waals surface area contributed by atoms with Gasteiger partial charge in [0.2, 0.25) is 0 Å². The van der Waals surface area contributed by atoms with Crippen molar-refractivity contribution in [3.63, 3.8) is 0 Å². The lowest BCUT2D eigenvalue weighted by Crippen LogP contribution is -2.27. The van der Waals surface area contributed by atoms with E-state index in [1.807, 2.05) is 67.2 Å². The molecule has 0 atom stereocenters. The van der Waals surface area contributed by atoms with Crippen LogP contribution in [0, 0.1) is 13.8 Å². The maximum atomic E-state index is 13.0. The third-order valence-corrected chi connectivity index (χ3v) is 6.82. The van der Waals surface area contributed by atoms with Gasteiger partial charge in [0.1, 0.15) is 16.6 Å². The largest absolute Gasteiger partial charge is 0.349 e. The topological polar surface area (TPSA) is 99.6 Å². The second-order valence-electron chi connectivity index (χ2n) is 7.97. The quantitative estimate of drug-likeness (QED) is 0.392. The Labute approximate surface area is 199 Å². The van der Waals surface area contributed by atoms with Gasteiger partial charge in [0.15, 0.2) is 10.8 Å². The maximum Gasteiger partial charge on any atom is 0.264 e. The fourth-order valence-corrected chi connectivity index (χ4v) is 4.72. The van der Waals surface area contributed by atoms with E-state index in [1.165, 1.54) is 17.5 Å². The van der Waals surface area contributed by atoms with Gasteiger partial charge in [0.05, 0.1) is 25.0 Å². The average molecular weight is 474 g/mol. The van der Waals surface area contributed by atoms with Crippen LogP contribution in [0.2, 0.25) is 0 Å². The molecular formula is C24H23N7O2S. The number of carbonyl (C=O) groups is 1. The molecule has 10 heteroatoms. The fraction of sp³-hybridized carbons (Fsp3) is 0.208. The van der Waals surface area contributed by atoms with Crippen LogP contribution in [0.25, 0.3) is 16.2 Å². The van der Waals surface area contributed by atoms with Crippen LogP contribution in [0.5, 0.6) is 0 Å². The first-order valence-corrected chi connectivity index (χ1v) is 11.7. The normalized spacial score (nSPS) is 11.2. The molecule has 5 aromatic rings. The van der Waals surface area contributed by atoms with Crippen molar-refractivity contribution in [2.75, 3.05) is 6.54 Å². The highest BCUT2D eigenvalue weighted by Crippen LogP contribution is 2.21. The lowest BCUT2D eigenvalue weighted by atomic mass is 10.1. The molecule has 0 radical (unpaired) electrons. The third-order valence-electron chi connectivity index (χ3n) is 5.65. The smallest absolute Gasteiger partial charge is 0.264 e. The van der Waals surface area contributed by atoms with Gasteiger partial charge in [-0.25, -0.2) is 14.6 Å². The van der Waals surface area contributed by atoms with E-state index in [4.69, 9.17) is 0 Å². The third kappa shape index (κ3) is 4.15. The summed E-state index contributed by atoms with van der Waals surface area (Å²) in [5, 5.41) is 8.44. The minimum atomic E-state index is -0.182. The molecule has 0 aliphatic carbocycles. The highest BCUT2D eigenvalue weighted by Gasteiger charge is 2.16. The molecule has 0 aliphatic heterocycles. The van der Waals surface area contributed by atoms with Gasteiger partial charge in [-0.2, -0.15) is 5.10 Å². The summed E-state index contributed by atoms with van der Waals surface area (Å²) in [4.78, 5) is 35.2. The fourth-order valence-electron chi connectivity index (χ4n) is 3.77. The molecule has 0 saturated carbocycles. The van der Waals surface area contributed by atoms with E-state index in [0.29, 0.717) is 41.2 Å². The standard InChI is InChI=1S/C24H23N7O2S/c1-16-7-3-4-8-18(16)14-30-15-26-21-19(23(30)33)13-27-31(21)12-9-25-22(32)20-17(2)28-24(34-20)29-10-5-6-11-29/h3-8,10-11,13,15H,9,12,14H2,1-2H3,(H,25,32). The number of aromatic nitrogens is 6. The van der Waals surface area contributed by atoms with Gasteiger partial charge >= 0.3 is 0 Å². The minimum absolute atomic E-state index is 0.138. The molecule has 0 spiro atoms. The Balaban J connectivity index is 1.27. The molecule has 0 saturated heterocycles. The number of aryl methyl sites for hydroxylation is 2. The summed E-state index contributed by atoms with van der Waals surface area (Å²) in [6.07, 6.45) is 6.88. The monoisotopic (exact) mass is 473 g/mol. The Kier molecular flexibility index (Phi) is 5.81. The Hall–Kier alpha value is -4.05. The van der Waals surface area contributed by atoms with E-state index in [-0.39, 0.29) is 11.5 Å². The second-order valence-corrected chi connectivity index (χ2v) is 8.94. The van der Waals surface area contributed by atoms with Crippen LogP contribution in [0.1, 0.15) is 26.5 Å². The van der Waals surface area contributed by atoms with E-state index >= 15 is 0 Å². The molecule has 1 N–H and O–H groups in total. The van der Waals surface area contributed by atoms with Crippen molar-refractivity contribution in [1.29, 1.82) is 0 Å². The summed E-state index contributed by atoms with van der Waals surface area (Å²) < 4.78 is 5.11. The number of carbonyl (C=O) groups excluding carboxylic acids is 1. The number of amides is 1. The second kappa shape index (κ2) is 9.06. The molecule has 0 aliphatic rings. The average Bonchev–Trinajstić information content (AvgIpc) is 3.57. The van der Waals surface area contributed by atoms with Crippen LogP contribution < -0.4 is 10.9 Å². The van der Waals surface area contributed by atoms with Crippen molar-refractivity contribution in [2.24, 2.45) is 0 Å². The van der Waals surface area contributed by atoms with Crippen LogP contribution in [0.4, 0.5) is 0 Å². The van der Waals surface area contributed by atoms with Crippen LogP contribution in [0.15, 0.2) is 66.1 Å². The highest BCUT2D eigenvalue weighted by molar-refractivity contribution is 7.16. The Morgan fingerprint density at radius 2 is 1.91 bits per heavy atom. The SMILES string of the molecule is Cc1ccccc1Cn1cnc2c(cnn2CCNC(=O)c2sc(-n3cccc3)nc2C)c1=O. The van der Waals surface area contributed by atoms with Gasteiger partial charge in [-0.05, 0) is 37.1 Å². The molecule has 4 heterocycles. The van der Waals surface area contributed by atoms with Crippen molar-refractivity contribution in [3.8, 4) is 5.13 Å². The first-order valence-electron chi connectivity index (χ1n) is 10.9. The maximum absolute atomic E-state index is 13.0. The summed E-state index contributed by atoms with van der Waals surface area (Å²) >= 11 is 1.34. The zero-order valence-electron chi connectivity index (χ0n) is 18.8. The molecule has 0 fully saturated rings. The molecule has 4 aromatic heterocycles. The molecule has 0 bridgehead atoms. The first-order chi connectivity index (χ1) is 16.5. The van der Waals surface area contributed by atoms with E-state index < -0.39 is 0 Å². The molecule has 1 aromatic carbocycles. The lowest BCUT2D eigenvalue weighted by molar-refractivity contribution is 0.0955. The summed E-state index contributed by atoms with van der Waals surface area (Å²) in [6, 6.07) is 11.8.